The number of hydrogen-bond acceptors (Lipinski definition) is 3. The zero-order chi connectivity index (χ0) is 13.7. The van der Waals surface area contributed by atoms with E-state index in [4.69, 9.17) is 4.74 Å². The van der Waals surface area contributed by atoms with Gasteiger partial charge < -0.3 is 0 Å². The second kappa shape index (κ2) is 6.94. The fraction of sp³-hybridized carbons (Fsp3) is 0.500. The van der Waals surface area contributed by atoms with Crippen LogP contribution in [0.25, 0.3) is 0 Å². The van der Waals surface area contributed by atoms with Crippen molar-refractivity contribution in [3.8, 4) is 0 Å². The molecule has 0 bridgehead atoms. The van der Waals surface area contributed by atoms with E-state index >= 15 is 0 Å². The number of benzene rings is 1. The van der Waals surface area contributed by atoms with Gasteiger partial charge in [0.1, 0.15) is 0 Å². The van der Waals surface area contributed by atoms with Crippen LogP contribution in [0.1, 0.15) is 13.3 Å². The number of aliphatic hydroxyl groups excluding tert-OH is 1. The quantitative estimate of drug-likeness (QED) is 0.840. The maximum atomic E-state index is 11.8. The number of rotatable bonds is 4. The van der Waals surface area contributed by atoms with Crippen LogP contribution in [0.5, 0.6) is 0 Å². The summed E-state index contributed by atoms with van der Waals surface area (Å²) in [6.45, 7) is 2.77. The summed E-state index contributed by atoms with van der Waals surface area (Å²) >= 11 is 0.266. The van der Waals surface area contributed by atoms with Crippen molar-refractivity contribution in [3.05, 3.63) is 30.3 Å². The van der Waals surface area contributed by atoms with Crippen molar-refractivity contribution in [2.75, 3.05) is 13.2 Å². The summed E-state index contributed by atoms with van der Waals surface area (Å²) in [6, 6.07) is 10.1. The Hall–Kier alpha value is -1.03. The number of nitrogens with zero attached hydrogens (tertiary/aromatic N) is 1. The van der Waals surface area contributed by atoms with Gasteiger partial charge in [-0.05, 0) is 0 Å². The average molecular weight is 328 g/mol. The summed E-state index contributed by atoms with van der Waals surface area (Å²) in [4.78, 5) is 13.5. The number of hydrogen-bond donors (Lipinski definition) is 1. The van der Waals surface area contributed by atoms with E-state index < -0.39 is 6.10 Å². The third-order valence-corrected chi connectivity index (χ3v) is 5.51. The number of amides is 1. The minimum atomic E-state index is -0.421. The van der Waals surface area contributed by atoms with Crippen LogP contribution in [-0.4, -0.2) is 56.4 Å². The van der Waals surface area contributed by atoms with E-state index in [1.54, 1.807) is 11.8 Å². The Morgan fingerprint density at radius 3 is 2.89 bits per heavy atom. The Morgan fingerprint density at radius 1 is 1.47 bits per heavy atom. The zero-order valence-corrected chi connectivity index (χ0v) is 12.7. The molecule has 0 aliphatic carbocycles. The Kier molecular flexibility index (Phi) is 5.25. The molecule has 19 heavy (non-hydrogen) atoms. The molecule has 5 heteroatoms. The molecule has 1 saturated heterocycles. The molecule has 1 fully saturated rings. The summed E-state index contributed by atoms with van der Waals surface area (Å²) < 4.78 is 6.33. The van der Waals surface area contributed by atoms with Crippen molar-refractivity contribution in [2.24, 2.45) is 0 Å². The molecule has 1 aromatic carbocycles. The van der Waals surface area contributed by atoms with Gasteiger partial charge in [-0.25, -0.2) is 0 Å². The van der Waals surface area contributed by atoms with E-state index in [-0.39, 0.29) is 27.1 Å². The molecule has 0 unspecified atom stereocenters. The Balaban J connectivity index is 1.94. The van der Waals surface area contributed by atoms with Gasteiger partial charge in [0.25, 0.3) is 0 Å². The predicted molar refractivity (Wildman–Crippen MR) is 74.8 cm³/mol. The first-order valence-electron chi connectivity index (χ1n) is 6.51. The molecule has 0 aromatic heterocycles. The van der Waals surface area contributed by atoms with E-state index in [1.165, 1.54) is 4.46 Å². The Morgan fingerprint density at radius 2 is 2.21 bits per heavy atom. The fourth-order valence-corrected chi connectivity index (χ4v) is 4.51. The van der Waals surface area contributed by atoms with Crippen LogP contribution in [0, 0.1) is 0 Å². The van der Waals surface area contributed by atoms with Crippen molar-refractivity contribution in [1.82, 2.24) is 4.90 Å². The molecule has 0 saturated carbocycles. The van der Waals surface area contributed by atoms with Crippen molar-refractivity contribution in [1.29, 1.82) is 0 Å². The van der Waals surface area contributed by atoms with Gasteiger partial charge in [0, 0.05) is 0 Å². The zero-order valence-electron chi connectivity index (χ0n) is 11.0. The van der Waals surface area contributed by atoms with Gasteiger partial charge in [0.15, 0.2) is 0 Å². The summed E-state index contributed by atoms with van der Waals surface area (Å²) in [5.74, 6) is 0. The van der Waals surface area contributed by atoms with Crippen LogP contribution in [-0.2, 0) is 4.74 Å². The van der Waals surface area contributed by atoms with E-state index in [1.807, 2.05) is 18.2 Å². The monoisotopic (exact) mass is 329 g/mol. The van der Waals surface area contributed by atoms with Gasteiger partial charge >= 0.3 is 119 Å². The van der Waals surface area contributed by atoms with E-state index in [9.17, 15) is 9.90 Å². The fourth-order valence-electron chi connectivity index (χ4n) is 2.17. The molecule has 1 heterocycles. The molecular formula is C14H19NO3Se. The third-order valence-electron chi connectivity index (χ3n) is 3.18. The molecule has 1 N–H and O–H groups in total. The normalized spacial score (nSPS) is 22.5. The van der Waals surface area contributed by atoms with Crippen molar-refractivity contribution < 1.29 is 14.6 Å². The van der Waals surface area contributed by atoms with E-state index in [2.05, 4.69) is 12.1 Å². The van der Waals surface area contributed by atoms with Gasteiger partial charge in [-0.1, -0.05) is 0 Å². The van der Waals surface area contributed by atoms with Crippen LogP contribution in [0.4, 0.5) is 4.79 Å². The minimum absolute atomic E-state index is 0.0979. The molecule has 4 nitrogen and oxygen atoms in total. The molecule has 1 amide bonds. The van der Waals surface area contributed by atoms with Gasteiger partial charge in [0.05, 0.1) is 0 Å². The second-order valence-corrected chi connectivity index (χ2v) is 6.73. The summed E-state index contributed by atoms with van der Waals surface area (Å²) in [7, 11) is 0. The average Bonchev–Trinajstić information content (AvgIpc) is 2.79. The van der Waals surface area contributed by atoms with Gasteiger partial charge in [0.2, 0.25) is 0 Å². The Bertz CT molecular complexity index is 412. The van der Waals surface area contributed by atoms with Gasteiger partial charge in [-0.3, -0.25) is 0 Å². The van der Waals surface area contributed by atoms with E-state index in [0.29, 0.717) is 19.6 Å². The first-order chi connectivity index (χ1) is 9.22. The van der Waals surface area contributed by atoms with Crippen molar-refractivity contribution in [3.63, 3.8) is 0 Å². The first kappa shape index (κ1) is 14.4. The molecule has 1 aromatic rings. The number of aliphatic hydroxyl groups is 1. The second-order valence-electron chi connectivity index (χ2n) is 4.44. The number of carbonyl (C=O) groups is 1. The number of likely N-dealkylation sites (tertiary alicyclic amines) is 1. The molecular weight excluding hydrogens is 309 g/mol. The van der Waals surface area contributed by atoms with Crippen LogP contribution in [0.2, 0.25) is 5.32 Å². The van der Waals surface area contributed by atoms with Gasteiger partial charge in [-0.2, -0.15) is 0 Å². The van der Waals surface area contributed by atoms with Crippen molar-refractivity contribution in [2.45, 2.75) is 30.8 Å². The molecule has 104 valence electrons. The van der Waals surface area contributed by atoms with E-state index in [0.717, 1.165) is 5.32 Å². The molecule has 1 aliphatic rings. The third kappa shape index (κ3) is 3.72. The molecule has 0 radical (unpaired) electrons. The summed E-state index contributed by atoms with van der Waals surface area (Å²) in [5, 5.41) is 10.8. The predicted octanol–water partition coefficient (Wildman–Crippen LogP) is 1.03. The number of carbonyl (C=O) groups excluding carboxylic acids is 1. The topological polar surface area (TPSA) is 49.8 Å². The molecule has 2 rings (SSSR count). The van der Waals surface area contributed by atoms with Crippen molar-refractivity contribution >= 4 is 25.5 Å². The van der Waals surface area contributed by atoms with Crippen LogP contribution < -0.4 is 4.46 Å². The standard InChI is InChI=1S/C14H19NO3Se/c1-2-18-14(17)15-9-8-13(16)12(15)10-19-11-6-4-3-5-7-11/h3-7,12-13,16H,2,8-10H2,1H3/t12-,13-/m1/s1. The maximum absolute atomic E-state index is 11.8. The first-order valence-corrected chi connectivity index (χ1v) is 8.58. The van der Waals surface area contributed by atoms with Gasteiger partial charge in [-0.15, -0.1) is 0 Å². The summed E-state index contributed by atoms with van der Waals surface area (Å²) in [5.41, 5.74) is 0. The Labute approximate surface area is 119 Å². The molecule has 1 aliphatic heterocycles. The molecule has 0 spiro atoms. The van der Waals surface area contributed by atoms with Crippen LogP contribution >= 0.6 is 0 Å². The summed E-state index contributed by atoms with van der Waals surface area (Å²) in [6.07, 6.45) is -0.0724. The van der Waals surface area contributed by atoms with Crippen LogP contribution in [0.15, 0.2) is 30.3 Å². The molecule has 2 atom stereocenters. The van der Waals surface area contributed by atoms with Crippen LogP contribution in [0.3, 0.4) is 0 Å². The SMILES string of the molecule is CCOC(=O)N1CC[C@@H](O)[C@H]1C[Se]c1ccccc1. The number of ether oxygens (including phenoxy) is 1.